The van der Waals surface area contributed by atoms with Gasteiger partial charge in [0.05, 0.1) is 15.6 Å². The summed E-state index contributed by atoms with van der Waals surface area (Å²) in [6.45, 7) is 1.47. The van der Waals surface area contributed by atoms with Gasteiger partial charge in [-0.3, -0.25) is 4.79 Å². The fraction of sp³-hybridized carbons (Fsp3) is 0.0952. The molecule has 0 spiro atoms. The molecule has 0 aliphatic rings. The molecule has 142 valence electrons. The van der Waals surface area contributed by atoms with Gasteiger partial charge in [0.25, 0.3) is 5.91 Å². The number of aromatic nitrogens is 1. The minimum atomic E-state index is -1.03. The Morgan fingerprint density at radius 3 is 2.29 bits per heavy atom. The summed E-state index contributed by atoms with van der Waals surface area (Å²) in [6.07, 6.45) is 0.323. The smallest absolute Gasteiger partial charge is 0.338 e. The Morgan fingerprint density at radius 1 is 1.00 bits per heavy atom. The SMILES string of the molecule is CC(OC(=O)c1ccc(-c2ccccc2)cc1)C(=O)Nc1ncc(Cl)cc1Cl. The molecule has 5 nitrogen and oxygen atoms in total. The topological polar surface area (TPSA) is 68.3 Å². The lowest BCUT2D eigenvalue weighted by Crippen LogP contribution is -2.30. The maximum atomic E-state index is 12.3. The molecule has 1 heterocycles. The van der Waals surface area contributed by atoms with E-state index in [1.165, 1.54) is 19.2 Å². The number of hydrogen-bond donors (Lipinski definition) is 1. The van der Waals surface area contributed by atoms with E-state index < -0.39 is 18.0 Å². The summed E-state index contributed by atoms with van der Waals surface area (Å²) in [6, 6.07) is 18.2. The Labute approximate surface area is 172 Å². The average molecular weight is 415 g/mol. The molecule has 28 heavy (non-hydrogen) atoms. The van der Waals surface area contributed by atoms with Crippen molar-refractivity contribution >= 4 is 40.9 Å². The normalized spacial score (nSPS) is 11.5. The van der Waals surface area contributed by atoms with E-state index in [1.807, 2.05) is 42.5 Å². The summed E-state index contributed by atoms with van der Waals surface area (Å²) < 4.78 is 5.23. The number of nitrogens with zero attached hydrogens (tertiary/aromatic N) is 1. The third-order valence-corrected chi connectivity index (χ3v) is 4.42. The van der Waals surface area contributed by atoms with Gasteiger partial charge in [0.1, 0.15) is 0 Å². The minimum absolute atomic E-state index is 0.145. The number of anilines is 1. The van der Waals surface area contributed by atoms with Gasteiger partial charge in [-0.1, -0.05) is 65.7 Å². The lowest BCUT2D eigenvalue weighted by molar-refractivity contribution is -0.123. The minimum Gasteiger partial charge on any atom is -0.449 e. The molecule has 3 rings (SSSR count). The molecule has 2 aromatic carbocycles. The maximum absolute atomic E-state index is 12.3. The molecule has 0 radical (unpaired) electrons. The maximum Gasteiger partial charge on any atom is 0.338 e. The predicted molar refractivity (Wildman–Crippen MR) is 110 cm³/mol. The zero-order chi connectivity index (χ0) is 20.1. The third-order valence-electron chi connectivity index (χ3n) is 3.93. The number of hydrogen-bond acceptors (Lipinski definition) is 4. The molecule has 1 amide bonds. The van der Waals surface area contributed by atoms with Crippen molar-refractivity contribution in [1.82, 2.24) is 4.98 Å². The van der Waals surface area contributed by atoms with Crippen molar-refractivity contribution < 1.29 is 14.3 Å². The van der Waals surface area contributed by atoms with Gasteiger partial charge in [0, 0.05) is 6.20 Å². The van der Waals surface area contributed by atoms with Gasteiger partial charge in [-0.25, -0.2) is 9.78 Å². The molecule has 1 N–H and O–H groups in total. The quantitative estimate of drug-likeness (QED) is 0.579. The molecule has 0 aliphatic heterocycles. The fourth-order valence-electron chi connectivity index (χ4n) is 2.44. The highest BCUT2D eigenvalue weighted by Crippen LogP contribution is 2.23. The van der Waals surface area contributed by atoms with E-state index in [9.17, 15) is 9.59 Å². The van der Waals surface area contributed by atoms with Gasteiger partial charge in [-0.15, -0.1) is 0 Å². The summed E-state index contributed by atoms with van der Waals surface area (Å²) in [5.41, 5.74) is 2.37. The van der Waals surface area contributed by atoms with E-state index in [0.717, 1.165) is 11.1 Å². The van der Waals surface area contributed by atoms with Crippen LogP contribution in [0.15, 0.2) is 66.9 Å². The molecule has 1 atom stereocenters. The van der Waals surface area contributed by atoms with Crippen molar-refractivity contribution in [1.29, 1.82) is 0 Å². The van der Waals surface area contributed by atoms with Crippen molar-refractivity contribution in [2.45, 2.75) is 13.0 Å². The van der Waals surface area contributed by atoms with Crippen LogP contribution in [0.3, 0.4) is 0 Å². The molecule has 0 fully saturated rings. The summed E-state index contributed by atoms with van der Waals surface area (Å²) >= 11 is 11.7. The van der Waals surface area contributed by atoms with Crippen LogP contribution in [0.25, 0.3) is 11.1 Å². The van der Waals surface area contributed by atoms with Crippen molar-refractivity contribution in [2.24, 2.45) is 0 Å². The number of benzene rings is 2. The number of esters is 1. The Hall–Kier alpha value is -2.89. The first kappa shape index (κ1) is 19.9. The van der Waals surface area contributed by atoms with Crippen LogP contribution in [-0.2, 0) is 9.53 Å². The Balaban J connectivity index is 1.62. The van der Waals surface area contributed by atoms with Gasteiger partial charge < -0.3 is 10.1 Å². The third kappa shape index (κ3) is 4.88. The monoisotopic (exact) mass is 414 g/mol. The number of rotatable bonds is 5. The number of amides is 1. The molecular formula is C21H16Cl2N2O3. The van der Waals surface area contributed by atoms with Crippen molar-refractivity contribution in [2.75, 3.05) is 5.32 Å². The van der Waals surface area contributed by atoms with Crippen LogP contribution < -0.4 is 5.32 Å². The standard InChI is InChI=1S/C21H16Cl2N2O3/c1-13(20(26)25-19-18(23)11-17(22)12-24-19)28-21(27)16-9-7-15(8-10-16)14-5-3-2-4-6-14/h2-13H,1H3,(H,24,25,26). The van der Waals surface area contributed by atoms with E-state index in [-0.39, 0.29) is 10.8 Å². The number of pyridine rings is 1. The number of nitrogens with one attached hydrogen (secondary N) is 1. The number of carbonyl (C=O) groups is 2. The van der Waals surface area contributed by atoms with E-state index in [2.05, 4.69) is 10.3 Å². The van der Waals surface area contributed by atoms with Gasteiger partial charge >= 0.3 is 5.97 Å². The second-order valence-electron chi connectivity index (χ2n) is 5.96. The highest BCUT2D eigenvalue weighted by Gasteiger charge is 2.20. The van der Waals surface area contributed by atoms with Crippen LogP contribution in [0.4, 0.5) is 5.82 Å². The second kappa shape index (κ2) is 8.87. The van der Waals surface area contributed by atoms with Crippen LogP contribution >= 0.6 is 23.2 Å². The largest absolute Gasteiger partial charge is 0.449 e. The predicted octanol–water partition coefficient (Wildman–Crippen LogP) is 5.24. The number of carbonyl (C=O) groups excluding carboxylic acids is 2. The molecule has 1 aromatic heterocycles. The molecule has 0 aliphatic carbocycles. The van der Waals surface area contributed by atoms with E-state index in [4.69, 9.17) is 27.9 Å². The van der Waals surface area contributed by atoms with Gasteiger partial charge in [-0.2, -0.15) is 0 Å². The highest BCUT2D eigenvalue weighted by atomic mass is 35.5. The Morgan fingerprint density at radius 2 is 1.64 bits per heavy atom. The lowest BCUT2D eigenvalue weighted by Gasteiger charge is -2.14. The Bertz CT molecular complexity index is 992. The van der Waals surface area contributed by atoms with Crippen LogP contribution in [-0.4, -0.2) is 23.0 Å². The molecule has 0 saturated heterocycles. The molecule has 1 unspecified atom stereocenters. The van der Waals surface area contributed by atoms with Crippen molar-refractivity contribution in [3.63, 3.8) is 0 Å². The fourth-order valence-corrected chi connectivity index (χ4v) is 2.86. The first-order valence-electron chi connectivity index (χ1n) is 8.42. The van der Waals surface area contributed by atoms with Crippen LogP contribution in [0.2, 0.25) is 10.0 Å². The molecule has 0 bridgehead atoms. The summed E-state index contributed by atoms with van der Waals surface area (Å²) in [5.74, 6) is -1.01. The van der Waals surface area contributed by atoms with Gasteiger partial charge in [0.15, 0.2) is 11.9 Å². The molecule has 7 heteroatoms. The zero-order valence-corrected chi connectivity index (χ0v) is 16.4. The first-order chi connectivity index (χ1) is 13.4. The molecule has 3 aromatic rings. The summed E-state index contributed by atoms with van der Waals surface area (Å²) in [5, 5.41) is 3.05. The zero-order valence-electron chi connectivity index (χ0n) is 14.9. The second-order valence-corrected chi connectivity index (χ2v) is 6.81. The first-order valence-corrected chi connectivity index (χ1v) is 9.18. The van der Waals surface area contributed by atoms with Gasteiger partial charge in [-0.05, 0) is 36.2 Å². The van der Waals surface area contributed by atoms with E-state index in [1.54, 1.807) is 12.1 Å². The summed E-state index contributed by atoms with van der Waals surface area (Å²) in [4.78, 5) is 28.5. The van der Waals surface area contributed by atoms with Gasteiger partial charge in [0.2, 0.25) is 0 Å². The van der Waals surface area contributed by atoms with Crippen LogP contribution in [0.5, 0.6) is 0 Å². The lowest BCUT2D eigenvalue weighted by atomic mass is 10.0. The van der Waals surface area contributed by atoms with E-state index >= 15 is 0 Å². The van der Waals surface area contributed by atoms with Crippen LogP contribution in [0, 0.1) is 0 Å². The van der Waals surface area contributed by atoms with E-state index in [0.29, 0.717) is 10.6 Å². The van der Waals surface area contributed by atoms with Crippen molar-refractivity contribution in [3.8, 4) is 11.1 Å². The number of halogens is 2. The van der Waals surface area contributed by atoms with Crippen molar-refractivity contribution in [3.05, 3.63) is 82.5 Å². The summed E-state index contributed by atoms with van der Waals surface area (Å²) in [7, 11) is 0. The number of ether oxygens (including phenoxy) is 1. The molecule has 0 saturated carbocycles. The molecular weight excluding hydrogens is 399 g/mol. The highest BCUT2D eigenvalue weighted by molar-refractivity contribution is 6.36. The Kier molecular flexibility index (Phi) is 6.29. The van der Waals surface area contributed by atoms with Crippen LogP contribution in [0.1, 0.15) is 17.3 Å². The average Bonchev–Trinajstić information content (AvgIpc) is 2.70.